The van der Waals surface area contributed by atoms with E-state index in [0.717, 1.165) is 11.3 Å². The smallest absolute Gasteiger partial charge is 0.322 e. The second-order valence-corrected chi connectivity index (χ2v) is 5.24. The summed E-state index contributed by atoms with van der Waals surface area (Å²) >= 11 is 0. The summed E-state index contributed by atoms with van der Waals surface area (Å²) in [5.74, 6) is -0.446. The van der Waals surface area contributed by atoms with Gasteiger partial charge in [-0.2, -0.15) is 10.2 Å². The van der Waals surface area contributed by atoms with Gasteiger partial charge >= 0.3 is 5.69 Å². The molecule has 0 atom stereocenters. The van der Waals surface area contributed by atoms with Crippen LogP contribution in [-0.4, -0.2) is 42.3 Å². The zero-order chi connectivity index (χ0) is 16.6. The molecule has 0 aliphatic carbocycles. The number of hydrogen-bond acceptors (Lipinski definition) is 5. The minimum absolute atomic E-state index is 0.0217. The maximum Gasteiger partial charge on any atom is 0.322 e. The van der Waals surface area contributed by atoms with Crippen LogP contribution in [0.25, 0.3) is 0 Å². The summed E-state index contributed by atoms with van der Waals surface area (Å²) in [7, 11) is 4.92. The number of nitro groups is 1. The molecule has 0 bridgehead atoms. The molecule has 0 saturated heterocycles. The fourth-order valence-electron chi connectivity index (χ4n) is 2.42. The van der Waals surface area contributed by atoms with Crippen LogP contribution >= 0.6 is 0 Å². The van der Waals surface area contributed by atoms with E-state index in [1.807, 2.05) is 13.1 Å². The lowest BCUT2D eigenvalue weighted by atomic mass is 10.2. The summed E-state index contributed by atoms with van der Waals surface area (Å²) in [5, 5.41) is 19.4. The second-order valence-electron chi connectivity index (χ2n) is 5.24. The zero-order valence-electron chi connectivity index (χ0n) is 13.2. The predicted octanol–water partition coefficient (Wildman–Crippen LogP) is 0.951. The molecule has 0 aromatic carbocycles. The van der Waals surface area contributed by atoms with Crippen molar-refractivity contribution in [2.45, 2.75) is 20.4 Å². The minimum Gasteiger partial charge on any atom is -0.336 e. The highest BCUT2D eigenvalue weighted by molar-refractivity contribution is 5.96. The Balaban J connectivity index is 2.32. The Labute approximate surface area is 127 Å². The predicted molar refractivity (Wildman–Crippen MR) is 78.3 cm³/mol. The summed E-state index contributed by atoms with van der Waals surface area (Å²) in [6.07, 6.45) is 1.82. The largest absolute Gasteiger partial charge is 0.336 e. The molecule has 2 aromatic rings. The average Bonchev–Trinajstić information content (AvgIpc) is 2.87. The molecule has 9 nitrogen and oxygen atoms in total. The van der Waals surface area contributed by atoms with Crippen LogP contribution in [0.4, 0.5) is 5.69 Å². The number of aryl methyl sites for hydroxylation is 4. The van der Waals surface area contributed by atoms with Crippen molar-refractivity contribution in [3.63, 3.8) is 0 Å². The second kappa shape index (κ2) is 5.58. The first kappa shape index (κ1) is 15.7. The van der Waals surface area contributed by atoms with Crippen molar-refractivity contribution in [2.75, 3.05) is 7.05 Å². The Hall–Kier alpha value is -2.71. The third-order valence-corrected chi connectivity index (χ3v) is 3.45. The molecule has 22 heavy (non-hydrogen) atoms. The van der Waals surface area contributed by atoms with Crippen molar-refractivity contribution in [3.05, 3.63) is 39.0 Å². The van der Waals surface area contributed by atoms with Crippen LogP contribution in [0.1, 0.15) is 27.4 Å². The summed E-state index contributed by atoms with van der Waals surface area (Å²) in [6, 6.07) is 0. The molecule has 0 aliphatic rings. The lowest BCUT2D eigenvalue weighted by Crippen LogP contribution is -2.28. The molecule has 0 N–H and O–H groups in total. The van der Waals surface area contributed by atoms with Crippen molar-refractivity contribution < 1.29 is 9.72 Å². The minimum atomic E-state index is -0.571. The summed E-state index contributed by atoms with van der Waals surface area (Å²) in [5.41, 5.74) is 1.66. The fourth-order valence-corrected chi connectivity index (χ4v) is 2.42. The SMILES string of the molecule is Cc1nn(C)cc1CN(C)C(=O)c1c([N+](=O)[O-])c(C)nn1C. The van der Waals surface area contributed by atoms with Gasteiger partial charge in [0.05, 0.1) is 10.6 Å². The van der Waals surface area contributed by atoms with E-state index in [2.05, 4.69) is 10.2 Å². The Morgan fingerprint density at radius 1 is 1.32 bits per heavy atom. The molecule has 0 aliphatic heterocycles. The highest BCUT2D eigenvalue weighted by atomic mass is 16.6. The van der Waals surface area contributed by atoms with E-state index < -0.39 is 10.8 Å². The summed E-state index contributed by atoms with van der Waals surface area (Å²) < 4.78 is 2.92. The Morgan fingerprint density at radius 3 is 2.45 bits per heavy atom. The molecule has 0 spiro atoms. The van der Waals surface area contributed by atoms with Gasteiger partial charge in [-0.1, -0.05) is 0 Å². The number of hydrogen-bond donors (Lipinski definition) is 0. The van der Waals surface area contributed by atoms with Gasteiger partial charge in [-0.15, -0.1) is 0 Å². The quantitative estimate of drug-likeness (QED) is 0.618. The van der Waals surface area contributed by atoms with Crippen molar-refractivity contribution in [1.29, 1.82) is 0 Å². The van der Waals surface area contributed by atoms with E-state index in [4.69, 9.17) is 0 Å². The Kier molecular flexibility index (Phi) is 3.98. The van der Waals surface area contributed by atoms with E-state index in [-0.39, 0.29) is 17.1 Å². The summed E-state index contributed by atoms with van der Waals surface area (Å²) in [6.45, 7) is 3.68. The molecular formula is C13H18N6O3. The molecule has 0 unspecified atom stereocenters. The number of rotatable bonds is 4. The monoisotopic (exact) mass is 306 g/mol. The molecule has 0 fully saturated rings. The van der Waals surface area contributed by atoms with Gasteiger partial charge in [0.2, 0.25) is 5.69 Å². The zero-order valence-corrected chi connectivity index (χ0v) is 13.2. The number of carbonyl (C=O) groups is 1. The maximum absolute atomic E-state index is 12.6. The van der Waals surface area contributed by atoms with E-state index in [0.29, 0.717) is 6.54 Å². The van der Waals surface area contributed by atoms with Crippen molar-refractivity contribution in [3.8, 4) is 0 Å². The third kappa shape index (κ3) is 2.69. The first-order chi connectivity index (χ1) is 10.2. The van der Waals surface area contributed by atoms with Crippen LogP contribution in [-0.2, 0) is 20.6 Å². The molecule has 0 saturated carbocycles. The van der Waals surface area contributed by atoms with Gasteiger partial charge in [0.1, 0.15) is 5.69 Å². The van der Waals surface area contributed by atoms with Gasteiger partial charge in [-0.25, -0.2) is 0 Å². The Morgan fingerprint density at radius 2 is 1.95 bits per heavy atom. The summed E-state index contributed by atoms with van der Waals surface area (Å²) in [4.78, 5) is 24.6. The lowest BCUT2D eigenvalue weighted by molar-refractivity contribution is -0.385. The number of aromatic nitrogens is 4. The van der Waals surface area contributed by atoms with Crippen LogP contribution in [0.3, 0.4) is 0 Å². The highest BCUT2D eigenvalue weighted by Crippen LogP contribution is 2.24. The first-order valence-corrected chi connectivity index (χ1v) is 6.65. The molecular weight excluding hydrogens is 288 g/mol. The van der Waals surface area contributed by atoms with Crippen LogP contribution in [0.2, 0.25) is 0 Å². The van der Waals surface area contributed by atoms with Gasteiger partial charge in [0.25, 0.3) is 5.91 Å². The van der Waals surface area contributed by atoms with Crippen LogP contribution in [0.15, 0.2) is 6.20 Å². The number of nitrogens with zero attached hydrogens (tertiary/aromatic N) is 6. The van der Waals surface area contributed by atoms with Gasteiger partial charge in [0, 0.05) is 39.4 Å². The topological polar surface area (TPSA) is 99.1 Å². The fraction of sp³-hybridized carbons (Fsp3) is 0.462. The normalized spacial score (nSPS) is 10.8. The van der Waals surface area contributed by atoms with Gasteiger partial charge in [0.15, 0.2) is 0 Å². The Bertz CT molecular complexity index is 745. The van der Waals surface area contributed by atoms with Crippen LogP contribution in [0.5, 0.6) is 0 Å². The van der Waals surface area contributed by atoms with Crippen molar-refractivity contribution >= 4 is 11.6 Å². The van der Waals surface area contributed by atoms with Gasteiger partial charge in [-0.05, 0) is 13.8 Å². The standard InChI is InChI=1S/C13H18N6O3/c1-8-10(7-17(4)14-8)6-16(3)13(20)12-11(19(21)22)9(2)15-18(12)5/h7H,6H2,1-5H3. The van der Waals surface area contributed by atoms with Crippen molar-refractivity contribution in [2.24, 2.45) is 14.1 Å². The number of amides is 1. The van der Waals surface area contributed by atoms with E-state index in [1.165, 1.54) is 23.6 Å². The molecule has 0 radical (unpaired) electrons. The van der Waals surface area contributed by atoms with Crippen LogP contribution in [0, 0.1) is 24.0 Å². The number of carbonyl (C=O) groups excluding carboxylic acids is 1. The van der Waals surface area contributed by atoms with Crippen molar-refractivity contribution in [1.82, 2.24) is 24.5 Å². The third-order valence-electron chi connectivity index (χ3n) is 3.45. The van der Waals surface area contributed by atoms with E-state index in [1.54, 1.807) is 18.8 Å². The average molecular weight is 306 g/mol. The van der Waals surface area contributed by atoms with Gasteiger partial charge in [-0.3, -0.25) is 24.3 Å². The molecule has 2 aromatic heterocycles. The van der Waals surface area contributed by atoms with Gasteiger partial charge < -0.3 is 4.90 Å². The maximum atomic E-state index is 12.6. The van der Waals surface area contributed by atoms with E-state index >= 15 is 0 Å². The first-order valence-electron chi connectivity index (χ1n) is 6.65. The molecule has 1 amide bonds. The lowest BCUT2D eigenvalue weighted by Gasteiger charge is -2.16. The molecule has 118 valence electrons. The molecule has 2 rings (SSSR count). The van der Waals surface area contributed by atoms with E-state index in [9.17, 15) is 14.9 Å². The molecule has 9 heteroatoms. The highest BCUT2D eigenvalue weighted by Gasteiger charge is 2.31. The molecule has 2 heterocycles. The van der Waals surface area contributed by atoms with Crippen LogP contribution < -0.4 is 0 Å².